The molecule has 0 aliphatic carbocycles. The first kappa shape index (κ1) is 17.6. The molecule has 0 bridgehead atoms. The van der Waals surface area contributed by atoms with Crippen molar-refractivity contribution < 1.29 is 4.74 Å². The maximum Gasteiger partial charge on any atom is 0.206 e. The zero-order valence-corrected chi connectivity index (χ0v) is 15.8. The summed E-state index contributed by atoms with van der Waals surface area (Å²) in [5.74, 6) is 1.93. The number of nitrogens with two attached hydrogens (primary N) is 1. The number of guanidine groups is 1. The van der Waals surface area contributed by atoms with Crippen molar-refractivity contribution in [2.45, 2.75) is 11.4 Å². The second-order valence-electron chi connectivity index (χ2n) is 5.85. The zero-order chi connectivity index (χ0) is 18.6. The summed E-state index contributed by atoms with van der Waals surface area (Å²) in [4.78, 5) is 5.60. The van der Waals surface area contributed by atoms with Gasteiger partial charge in [-0.3, -0.25) is 4.72 Å². The lowest BCUT2D eigenvalue weighted by molar-refractivity contribution is 0.484. The molecule has 0 aromatic heterocycles. The molecule has 0 fully saturated rings. The lowest BCUT2D eigenvalue weighted by Gasteiger charge is -2.23. The summed E-state index contributed by atoms with van der Waals surface area (Å²) >= 11 is 7.70. The Labute approximate surface area is 166 Å². The number of hydrogen-bond acceptors (Lipinski definition) is 4. The topological polar surface area (TPSA) is 71.7 Å². The third kappa shape index (κ3) is 3.97. The Balaban J connectivity index is 1.57. The van der Waals surface area contributed by atoms with Gasteiger partial charge in [-0.25, -0.2) is 4.99 Å². The second kappa shape index (κ2) is 7.82. The highest BCUT2D eigenvalue weighted by atomic mass is 35.5. The van der Waals surface area contributed by atoms with E-state index >= 15 is 0 Å². The number of nitrogen functional groups attached to an aromatic ring is 1. The number of fused-ring (bicyclic) bond motifs is 1. The molecular formula is C20H17ClN4OS. The minimum Gasteiger partial charge on any atom is -0.454 e. The molecule has 0 radical (unpaired) electrons. The van der Waals surface area contributed by atoms with Crippen LogP contribution in [0.5, 0.6) is 11.5 Å². The van der Waals surface area contributed by atoms with Crippen LogP contribution in [0.2, 0.25) is 5.02 Å². The van der Waals surface area contributed by atoms with Crippen LogP contribution in [0.15, 0.2) is 76.6 Å². The average molecular weight is 397 g/mol. The van der Waals surface area contributed by atoms with Gasteiger partial charge in [0.2, 0.25) is 5.96 Å². The zero-order valence-electron chi connectivity index (χ0n) is 14.3. The van der Waals surface area contributed by atoms with E-state index in [-0.39, 0.29) is 0 Å². The van der Waals surface area contributed by atoms with Gasteiger partial charge in [0.1, 0.15) is 5.75 Å². The van der Waals surface area contributed by atoms with E-state index in [0.717, 1.165) is 21.8 Å². The van der Waals surface area contributed by atoms with Crippen LogP contribution in [0.4, 0.5) is 11.4 Å². The Hall–Kier alpha value is -2.83. The molecule has 1 aliphatic rings. The molecule has 136 valence electrons. The summed E-state index contributed by atoms with van der Waals surface area (Å²) < 4.78 is 9.23. The lowest BCUT2D eigenvalue weighted by Crippen LogP contribution is -2.29. The average Bonchev–Trinajstić information content (AvgIpc) is 2.69. The maximum atomic E-state index is 6.22. The van der Waals surface area contributed by atoms with E-state index < -0.39 is 0 Å². The van der Waals surface area contributed by atoms with Gasteiger partial charge in [-0.2, -0.15) is 0 Å². The Morgan fingerprint density at radius 1 is 0.963 bits per heavy atom. The van der Waals surface area contributed by atoms with Crippen molar-refractivity contribution in [3.05, 3.63) is 77.3 Å². The molecule has 7 heteroatoms. The molecule has 0 unspecified atom stereocenters. The van der Waals surface area contributed by atoms with E-state index in [4.69, 9.17) is 22.1 Å². The number of halogens is 1. The minimum atomic E-state index is 0.478. The lowest BCUT2D eigenvalue weighted by atomic mass is 10.2. The van der Waals surface area contributed by atoms with Crippen molar-refractivity contribution in [1.82, 2.24) is 4.72 Å². The van der Waals surface area contributed by atoms with E-state index in [2.05, 4.69) is 15.0 Å². The van der Waals surface area contributed by atoms with Crippen molar-refractivity contribution in [2.75, 3.05) is 11.1 Å². The van der Waals surface area contributed by atoms with Gasteiger partial charge in [-0.05, 0) is 47.8 Å². The number of ether oxygens (including phenoxy) is 1. The highest BCUT2D eigenvalue weighted by Gasteiger charge is 2.19. The van der Waals surface area contributed by atoms with Gasteiger partial charge in [0.25, 0.3) is 0 Å². The van der Waals surface area contributed by atoms with Crippen LogP contribution >= 0.6 is 23.5 Å². The summed E-state index contributed by atoms with van der Waals surface area (Å²) in [6, 6.07) is 20.9. The fraction of sp³-hybridized carbons (Fsp3) is 0.0500. The van der Waals surface area contributed by atoms with Crippen molar-refractivity contribution in [3.63, 3.8) is 0 Å². The van der Waals surface area contributed by atoms with E-state index in [0.29, 0.717) is 29.0 Å². The summed E-state index contributed by atoms with van der Waals surface area (Å²) in [5, 5.41) is 3.86. The first-order valence-corrected chi connectivity index (χ1v) is 9.53. The van der Waals surface area contributed by atoms with Crippen LogP contribution in [0.25, 0.3) is 0 Å². The van der Waals surface area contributed by atoms with Gasteiger partial charge in [-0.1, -0.05) is 48.0 Å². The fourth-order valence-corrected chi connectivity index (χ4v) is 3.51. The van der Waals surface area contributed by atoms with Crippen LogP contribution in [0.1, 0.15) is 5.56 Å². The summed E-state index contributed by atoms with van der Waals surface area (Å²) in [7, 11) is 0. The van der Waals surface area contributed by atoms with Crippen molar-refractivity contribution >= 4 is 40.9 Å². The molecule has 1 heterocycles. The molecule has 1 aliphatic heterocycles. The Kier molecular flexibility index (Phi) is 5.09. The first-order chi connectivity index (χ1) is 13.2. The molecule has 4 rings (SSSR count). The molecule has 3 aromatic carbocycles. The number of nitrogens with one attached hydrogen (secondary N) is 2. The number of nitrogens with zero attached hydrogens (tertiary/aromatic N) is 1. The van der Waals surface area contributed by atoms with Crippen molar-refractivity contribution in [3.8, 4) is 11.5 Å². The predicted molar refractivity (Wildman–Crippen MR) is 113 cm³/mol. The second-order valence-corrected chi connectivity index (χ2v) is 7.11. The highest BCUT2D eigenvalue weighted by Crippen LogP contribution is 2.40. The van der Waals surface area contributed by atoms with Crippen LogP contribution in [-0.4, -0.2) is 5.96 Å². The molecule has 0 saturated heterocycles. The van der Waals surface area contributed by atoms with E-state index in [1.54, 1.807) is 6.07 Å². The summed E-state index contributed by atoms with van der Waals surface area (Å²) in [6.45, 7) is 0.478. The van der Waals surface area contributed by atoms with Crippen LogP contribution in [-0.2, 0) is 6.54 Å². The van der Waals surface area contributed by atoms with Crippen LogP contribution in [0, 0.1) is 0 Å². The van der Waals surface area contributed by atoms with Crippen molar-refractivity contribution in [1.29, 1.82) is 0 Å². The van der Waals surface area contributed by atoms with E-state index in [9.17, 15) is 0 Å². The molecule has 0 amide bonds. The van der Waals surface area contributed by atoms with Crippen molar-refractivity contribution in [2.24, 2.45) is 4.99 Å². The quantitative estimate of drug-likeness (QED) is 0.412. The SMILES string of the molecule is Nc1ccccc1CN=C1NSc2cccc(Oc3ccccc3Cl)c2N1. The smallest absolute Gasteiger partial charge is 0.206 e. The third-order valence-electron chi connectivity index (χ3n) is 4.01. The molecular weight excluding hydrogens is 380 g/mol. The van der Waals surface area contributed by atoms with Gasteiger partial charge in [-0.15, -0.1) is 0 Å². The molecule has 0 saturated carbocycles. The number of hydrogen-bond donors (Lipinski definition) is 3. The molecule has 3 aromatic rings. The monoisotopic (exact) mass is 396 g/mol. The maximum absolute atomic E-state index is 6.22. The first-order valence-electron chi connectivity index (χ1n) is 8.34. The standard InChI is InChI=1S/C20H17ClN4OS/c21-14-7-2-4-9-16(14)26-17-10-5-11-18-19(17)24-20(25-27-18)23-12-13-6-1-3-8-15(13)22/h1-11H,12,22H2,(H2,23,24,25). The normalized spacial score (nSPS) is 14.2. The summed E-state index contributed by atoms with van der Waals surface area (Å²) in [5.41, 5.74) is 8.54. The van der Waals surface area contributed by atoms with Crippen LogP contribution in [0.3, 0.4) is 0 Å². The molecule has 5 nitrogen and oxygen atoms in total. The predicted octanol–water partition coefficient (Wildman–Crippen LogP) is 5.29. The number of benzene rings is 3. The highest BCUT2D eigenvalue weighted by molar-refractivity contribution is 7.98. The summed E-state index contributed by atoms with van der Waals surface area (Å²) in [6.07, 6.45) is 0. The van der Waals surface area contributed by atoms with Gasteiger partial charge in [0, 0.05) is 5.69 Å². The van der Waals surface area contributed by atoms with Gasteiger partial charge in [0.05, 0.1) is 22.2 Å². The molecule has 0 atom stereocenters. The van der Waals surface area contributed by atoms with Gasteiger partial charge in [0.15, 0.2) is 5.75 Å². The molecule has 27 heavy (non-hydrogen) atoms. The minimum absolute atomic E-state index is 0.478. The molecule has 4 N–H and O–H groups in total. The number of anilines is 2. The Morgan fingerprint density at radius 3 is 2.59 bits per heavy atom. The van der Waals surface area contributed by atoms with Gasteiger partial charge >= 0.3 is 0 Å². The third-order valence-corrected chi connectivity index (χ3v) is 5.18. The number of para-hydroxylation sites is 3. The Bertz CT molecular complexity index is 1010. The van der Waals surface area contributed by atoms with E-state index in [1.807, 2.05) is 60.7 Å². The van der Waals surface area contributed by atoms with Crippen LogP contribution < -0.4 is 20.5 Å². The largest absolute Gasteiger partial charge is 0.454 e. The Morgan fingerprint density at radius 2 is 1.74 bits per heavy atom. The van der Waals surface area contributed by atoms with E-state index in [1.165, 1.54) is 11.9 Å². The number of rotatable bonds is 4. The van der Waals surface area contributed by atoms with Gasteiger partial charge < -0.3 is 15.8 Å². The number of aliphatic imine (C=N–C) groups is 1. The molecule has 0 spiro atoms. The fourth-order valence-electron chi connectivity index (χ4n) is 2.61.